The summed E-state index contributed by atoms with van der Waals surface area (Å²) in [5.41, 5.74) is 5.44. The van der Waals surface area contributed by atoms with Gasteiger partial charge in [-0.2, -0.15) is 0 Å². The van der Waals surface area contributed by atoms with Crippen LogP contribution in [0.3, 0.4) is 0 Å². The standard InChI is InChI=1S/C17H24N4O2/c1-16(2)14(17(16,3)4)15(22)21-13-7-6-11(10-20-13)23-12(8-18)9-19-5/h6-10,14H,18H2,1-5H3,(H,20,21,22)/b12-8+,19-9?. The lowest BCUT2D eigenvalue weighted by Gasteiger charge is -2.08. The van der Waals surface area contributed by atoms with E-state index in [-0.39, 0.29) is 22.7 Å². The van der Waals surface area contributed by atoms with Crippen LogP contribution in [0.4, 0.5) is 5.82 Å². The number of carbonyl (C=O) groups is 1. The predicted octanol–water partition coefficient (Wildman–Crippen LogP) is 2.58. The molecule has 0 atom stereocenters. The summed E-state index contributed by atoms with van der Waals surface area (Å²) >= 11 is 0. The number of aromatic nitrogens is 1. The number of nitrogens with two attached hydrogens (primary N) is 1. The van der Waals surface area contributed by atoms with Crippen LogP contribution in [-0.4, -0.2) is 24.2 Å². The highest BCUT2D eigenvalue weighted by molar-refractivity contribution is 5.95. The fourth-order valence-corrected chi connectivity index (χ4v) is 2.93. The molecule has 0 bridgehead atoms. The second kappa shape index (κ2) is 6.02. The number of nitrogens with zero attached hydrogens (tertiary/aromatic N) is 2. The molecular formula is C17H24N4O2. The predicted molar refractivity (Wildman–Crippen MR) is 91.2 cm³/mol. The van der Waals surface area contributed by atoms with E-state index in [0.29, 0.717) is 17.3 Å². The first-order chi connectivity index (χ1) is 10.7. The lowest BCUT2D eigenvalue weighted by molar-refractivity contribution is -0.118. The number of hydrogen-bond donors (Lipinski definition) is 2. The summed E-state index contributed by atoms with van der Waals surface area (Å²) in [7, 11) is 1.63. The second-order valence-electron chi connectivity index (χ2n) is 6.80. The van der Waals surface area contributed by atoms with Crippen molar-refractivity contribution in [3.05, 3.63) is 30.3 Å². The highest BCUT2D eigenvalue weighted by atomic mass is 16.5. The molecule has 3 N–H and O–H groups in total. The Kier molecular flexibility index (Phi) is 4.45. The number of rotatable bonds is 5. The first-order valence-corrected chi connectivity index (χ1v) is 7.53. The minimum absolute atomic E-state index is 0.000441. The highest BCUT2D eigenvalue weighted by Crippen LogP contribution is 2.68. The van der Waals surface area contributed by atoms with Crippen LogP contribution in [0, 0.1) is 16.7 Å². The number of amides is 1. The van der Waals surface area contributed by atoms with Gasteiger partial charge >= 0.3 is 0 Å². The minimum Gasteiger partial charge on any atom is -0.453 e. The third-order valence-corrected chi connectivity index (χ3v) is 4.93. The fourth-order valence-electron chi connectivity index (χ4n) is 2.93. The number of anilines is 1. The number of aliphatic imine (C=N–C) groups is 1. The van der Waals surface area contributed by atoms with Gasteiger partial charge in [-0.15, -0.1) is 0 Å². The van der Waals surface area contributed by atoms with Gasteiger partial charge in [0.25, 0.3) is 0 Å². The van der Waals surface area contributed by atoms with Crippen molar-refractivity contribution in [1.29, 1.82) is 0 Å². The van der Waals surface area contributed by atoms with E-state index in [9.17, 15) is 4.79 Å². The fraction of sp³-hybridized carbons (Fsp3) is 0.471. The smallest absolute Gasteiger partial charge is 0.229 e. The van der Waals surface area contributed by atoms with E-state index in [1.807, 2.05) is 0 Å². The Balaban J connectivity index is 2.00. The summed E-state index contributed by atoms with van der Waals surface area (Å²) in [5.74, 6) is 1.43. The monoisotopic (exact) mass is 316 g/mol. The van der Waals surface area contributed by atoms with Crippen molar-refractivity contribution in [3.63, 3.8) is 0 Å². The van der Waals surface area contributed by atoms with Crippen molar-refractivity contribution < 1.29 is 9.53 Å². The molecule has 1 aliphatic carbocycles. The van der Waals surface area contributed by atoms with Crippen LogP contribution in [0.15, 0.2) is 35.3 Å². The summed E-state index contributed by atoms with van der Waals surface area (Å²) in [6.45, 7) is 8.43. The van der Waals surface area contributed by atoms with E-state index < -0.39 is 0 Å². The van der Waals surface area contributed by atoms with Crippen LogP contribution in [0.1, 0.15) is 27.7 Å². The van der Waals surface area contributed by atoms with E-state index >= 15 is 0 Å². The van der Waals surface area contributed by atoms with Gasteiger partial charge in [-0.05, 0) is 23.0 Å². The molecule has 1 aliphatic rings. The van der Waals surface area contributed by atoms with Gasteiger partial charge in [0.15, 0.2) is 5.76 Å². The van der Waals surface area contributed by atoms with Gasteiger partial charge in [-0.25, -0.2) is 4.98 Å². The van der Waals surface area contributed by atoms with Gasteiger partial charge in [-0.1, -0.05) is 27.7 Å². The van der Waals surface area contributed by atoms with E-state index in [0.717, 1.165) is 0 Å². The summed E-state index contributed by atoms with van der Waals surface area (Å²) in [5, 5.41) is 2.86. The molecule has 6 nitrogen and oxygen atoms in total. The maximum Gasteiger partial charge on any atom is 0.229 e. The number of carbonyl (C=O) groups excluding carboxylic acids is 1. The molecule has 0 unspecified atom stereocenters. The van der Waals surface area contributed by atoms with Gasteiger partial charge in [0.05, 0.1) is 12.4 Å². The Morgan fingerprint density at radius 1 is 1.35 bits per heavy atom. The normalized spacial score (nSPS) is 19.6. The van der Waals surface area contributed by atoms with Crippen molar-refractivity contribution in [2.45, 2.75) is 27.7 Å². The maximum atomic E-state index is 12.4. The molecule has 1 aromatic rings. The SMILES string of the molecule is CN=C/C(=C\N)Oc1ccc(NC(=O)C2C(C)(C)C2(C)C)nc1. The zero-order valence-electron chi connectivity index (χ0n) is 14.3. The van der Waals surface area contributed by atoms with Gasteiger partial charge < -0.3 is 15.8 Å². The number of ether oxygens (including phenoxy) is 1. The van der Waals surface area contributed by atoms with Gasteiger partial charge in [0, 0.05) is 19.2 Å². The van der Waals surface area contributed by atoms with Crippen LogP contribution in [0.5, 0.6) is 5.75 Å². The molecule has 0 aliphatic heterocycles. The van der Waals surface area contributed by atoms with Gasteiger partial charge in [-0.3, -0.25) is 9.79 Å². The molecule has 124 valence electrons. The first kappa shape index (κ1) is 17.0. The van der Waals surface area contributed by atoms with Crippen LogP contribution < -0.4 is 15.8 Å². The number of nitrogens with one attached hydrogen (secondary N) is 1. The summed E-state index contributed by atoms with van der Waals surface area (Å²) in [6.07, 6.45) is 4.36. The lowest BCUT2D eigenvalue weighted by atomic mass is 10.0. The zero-order chi connectivity index (χ0) is 17.3. The van der Waals surface area contributed by atoms with Gasteiger partial charge in [0.1, 0.15) is 11.6 Å². The van der Waals surface area contributed by atoms with Crippen LogP contribution in [0.2, 0.25) is 0 Å². The molecule has 1 heterocycles. The lowest BCUT2D eigenvalue weighted by Crippen LogP contribution is -2.18. The minimum atomic E-state index is -0.0136. The van der Waals surface area contributed by atoms with Crippen LogP contribution in [-0.2, 0) is 4.79 Å². The summed E-state index contributed by atoms with van der Waals surface area (Å²) in [6, 6.07) is 3.42. The van der Waals surface area contributed by atoms with Crippen molar-refractivity contribution in [1.82, 2.24) is 4.98 Å². The largest absolute Gasteiger partial charge is 0.453 e. The summed E-state index contributed by atoms with van der Waals surface area (Å²) in [4.78, 5) is 20.4. The Labute approximate surface area is 136 Å². The third-order valence-electron chi connectivity index (χ3n) is 4.93. The van der Waals surface area contributed by atoms with E-state index in [1.165, 1.54) is 18.6 Å². The average molecular weight is 316 g/mol. The molecule has 0 radical (unpaired) electrons. The van der Waals surface area contributed by atoms with Crippen molar-refractivity contribution >= 4 is 17.9 Å². The number of pyridine rings is 1. The Morgan fingerprint density at radius 2 is 2.00 bits per heavy atom. The molecule has 0 saturated heterocycles. The third kappa shape index (κ3) is 3.21. The molecule has 0 spiro atoms. The maximum absolute atomic E-state index is 12.4. The molecule has 1 aromatic heterocycles. The van der Waals surface area contributed by atoms with E-state index in [4.69, 9.17) is 10.5 Å². The van der Waals surface area contributed by atoms with Crippen molar-refractivity contribution in [3.8, 4) is 5.75 Å². The number of hydrogen-bond acceptors (Lipinski definition) is 5. The molecular weight excluding hydrogens is 292 g/mol. The molecule has 1 amide bonds. The zero-order valence-corrected chi connectivity index (χ0v) is 14.3. The molecule has 6 heteroatoms. The first-order valence-electron chi connectivity index (χ1n) is 7.53. The second-order valence-corrected chi connectivity index (χ2v) is 6.80. The van der Waals surface area contributed by atoms with Crippen LogP contribution >= 0.6 is 0 Å². The van der Waals surface area contributed by atoms with E-state index in [1.54, 1.807) is 19.2 Å². The molecule has 1 fully saturated rings. The molecule has 1 saturated carbocycles. The number of allylic oxidation sites excluding steroid dienone is 1. The quantitative estimate of drug-likeness (QED) is 0.645. The van der Waals surface area contributed by atoms with Crippen molar-refractivity contribution in [2.75, 3.05) is 12.4 Å². The van der Waals surface area contributed by atoms with Crippen molar-refractivity contribution in [2.24, 2.45) is 27.5 Å². The highest BCUT2D eigenvalue weighted by Gasteiger charge is 2.68. The average Bonchev–Trinajstić information content (AvgIpc) is 2.90. The van der Waals surface area contributed by atoms with Gasteiger partial charge in [0.2, 0.25) is 5.91 Å². The van der Waals surface area contributed by atoms with E-state index in [2.05, 4.69) is 43.0 Å². The molecule has 0 aromatic carbocycles. The molecule has 2 rings (SSSR count). The Hall–Kier alpha value is -2.37. The van der Waals surface area contributed by atoms with Crippen LogP contribution in [0.25, 0.3) is 0 Å². The Morgan fingerprint density at radius 3 is 2.43 bits per heavy atom. The Bertz CT molecular complexity index is 631. The molecule has 23 heavy (non-hydrogen) atoms. The summed E-state index contributed by atoms with van der Waals surface area (Å²) < 4.78 is 5.50. The topological polar surface area (TPSA) is 89.6 Å².